The van der Waals surface area contributed by atoms with Crippen LogP contribution in [0.2, 0.25) is 0 Å². The first kappa shape index (κ1) is 16.5. The molecule has 2 saturated heterocycles. The molecule has 0 saturated carbocycles. The quantitative estimate of drug-likeness (QED) is 0.838. The van der Waals surface area contributed by atoms with Crippen molar-refractivity contribution in [2.24, 2.45) is 5.92 Å². The lowest BCUT2D eigenvalue weighted by atomic mass is 9.92. The van der Waals surface area contributed by atoms with Gasteiger partial charge in [-0.25, -0.2) is 0 Å². The van der Waals surface area contributed by atoms with Crippen molar-refractivity contribution >= 4 is 5.91 Å². The highest BCUT2D eigenvalue weighted by Gasteiger charge is 2.38. The van der Waals surface area contributed by atoms with Gasteiger partial charge < -0.3 is 14.4 Å². The molecule has 0 aliphatic carbocycles. The molecule has 2 fully saturated rings. The van der Waals surface area contributed by atoms with Crippen molar-refractivity contribution < 1.29 is 14.3 Å². The van der Waals surface area contributed by atoms with Gasteiger partial charge in [-0.1, -0.05) is 24.3 Å². The molecule has 2 aliphatic heterocycles. The summed E-state index contributed by atoms with van der Waals surface area (Å²) in [6.07, 6.45) is 3.27. The number of rotatable bonds is 5. The lowest BCUT2D eigenvalue weighted by molar-refractivity contribution is -0.133. The molecule has 0 spiro atoms. The summed E-state index contributed by atoms with van der Waals surface area (Å²) >= 11 is 0. The molecule has 0 unspecified atom stereocenters. The highest BCUT2D eigenvalue weighted by atomic mass is 16.5. The molecule has 0 N–H and O–H groups in total. The fourth-order valence-corrected chi connectivity index (χ4v) is 3.68. The van der Waals surface area contributed by atoms with Gasteiger partial charge >= 0.3 is 0 Å². The molecule has 4 nitrogen and oxygen atoms in total. The number of carbonyl (C=O) groups excluding carboxylic acids is 1. The first-order valence-electron chi connectivity index (χ1n) is 8.74. The normalized spacial score (nSPS) is 27.0. The van der Waals surface area contributed by atoms with Gasteiger partial charge in [0.05, 0.1) is 25.2 Å². The zero-order chi connectivity index (χ0) is 16.2. The lowest BCUT2D eigenvalue weighted by Crippen LogP contribution is -2.45. The summed E-state index contributed by atoms with van der Waals surface area (Å²) < 4.78 is 11.3. The van der Waals surface area contributed by atoms with E-state index in [0.717, 1.165) is 43.7 Å². The largest absolute Gasteiger partial charge is 0.377 e. The number of benzene rings is 1. The Morgan fingerprint density at radius 1 is 1.30 bits per heavy atom. The van der Waals surface area contributed by atoms with E-state index in [1.165, 1.54) is 0 Å². The average Bonchev–Trinajstić information content (AvgIpc) is 2.93. The van der Waals surface area contributed by atoms with Crippen LogP contribution in [0.1, 0.15) is 37.8 Å². The number of fused-ring (bicyclic) bond motifs is 1. The van der Waals surface area contributed by atoms with Crippen LogP contribution in [0.5, 0.6) is 0 Å². The van der Waals surface area contributed by atoms with Crippen molar-refractivity contribution in [2.45, 2.75) is 51.9 Å². The number of carbonyl (C=O) groups is 1. The number of ether oxygens (including phenoxy) is 2. The standard InChI is InChI=1S/C19H27NO3/c1-3-22-13-16-6-4-15(5-7-16)11-19(21)20-9-8-18-17(12-20)10-14(2)23-18/h4-7,14,17-18H,3,8-13H2,1-2H3/t14-,17-,18+/m1/s1. The third-order valence-electron chi connectivity index (χ3n) is 4.91. The predicted octanol–water partition coefficient (Wildman–Crippen LogP) is 2.79. The Kier molecular flexibility index (Phi) is 5.34. The van der Waals surface area contributed by atoms with E-state index < -0.39 is 0 Å². The Morgan fingerprint density at radius 3 is 2.78 bits per heavy atom. The smallest absolute Gasteiger partial charge is 0.227 e. The molecule has 23 heavy (non-hydrogen) atoms. The van der Waals surface area contributed by atoms with Crippen molar-refractivity contribution in [1.82, 2.24) is 4.90 Å². The number of piperidine rings is 1. The second-order valence-electron chi connectivity index (χ2n) is 6.74. The number of nitrogens with zero attached hydrogens (tertiary/aromatic N) is 1. The minimum Gasteiger partial charge on any atom is -0.377 e. The monoisotopic (exact) mass is 317 g/mol. The maximum Gasteiger partial charge on any atom is 0.227 e. The van der Waals surface area contributed by atoms with Crippen LogP contribution in [-0.2, 0) is 27.3 Å². The number of hydrogen-bond donors (Lipinski definition) is 0. The molecule has 0 radical (unpaired) electrons. The first-order chi connectivity index (χ1) is 11.2. The third kappa shape index (κ3) is 4.12. The van der Waals surface area contributed by atoms with E-state index in [1.807, 2.05) is 24.0 Å². The van der Waals surface area contributed by atoms with Crippen molar-refractivity contribution in [3.8, 4) is 0 Å². The predicted molar refractivity (Wildman–Crippen MR) is 89.1 cm³/mol. The van der Waals surface area contributed by atoms with Crippen LogP contribution in [-0.4, -0.2) is 42.7 Å². The summed E-state index contributed by atoms with van der Waals surface area (Å²) in [4.78, 5) is 14.6. The summed E-state index contributed by atoms with van der Waals surface area (Å²) in [6.45, 7) is 7.17. The Bertz CT molecular complexity index is 528. The zero-order valence-electron chi connectivity index (χ0n) is 14.2. The maximum absolute atomic E-state index is 12.6. The average molecular weight is 317 g/mol. The fraction of sp³-hybridized carbons (Fsp3) is 0.632. The molecule has 1 aromatic carbocycles. The van der Waals surface area contributed by atoms with Crippen molar-refractivity contribution in [3.63, 3.8) is 0 Å². The highest BCUT2D eigenvalue weighted by molar-refractivity contribution is 5.78. The number of likely N-dealkylation sites (tertiary alicyclic amines) is 1. The Morgan fingerprint density at radius 2 is 2.04 bits per heavy atom. The SMILES string of the molecule is CCOCc1ccc(CC(=O)N2CC[C@@H]3O[C@H](C)C[C@@H]3C2)cc1. The van der Waals surface area contributed by atoms with E-state index in [4.69, 9.17) is 9.47 Å². The van der Waals surface area contributed by atoms with E-state index in [2.05, 4.69) is 19.1 Å². The van der Waals surface area contributed by atoms with Gasteiger partial charge in [-0.2, -0.15) is 0 Å². The Balaban J connectivity index is 1.52. The number of amides is 1. The molecule has 3 atom stereocenters. The maximum atomic E-state index is 12.6. The molecule has 3 rings (SSSR count). The molecule has 1 amide bonds. The molecule has 1 aromatic rings. The summed E-state index contributed by atoms with van der Waals surface area (Å²) in [5, 5.41) is 0. The summed E-state index contributed by atoms with van der Waals surface area (Å²) in [7, 11) is 0. The molecule has 0 bridgehead atoms. The van der Waals surface area contributed by atoms with Gasteiger partial charge in [0.2, 0.25) is 5.91 Å². The van der Waals surface area contributed by atoms with Crippen LogP contribution in [0.4, 0.5) is 0 Å². The van der Waals surface area contributed by atoms with Gasteiger partial charge in [0.15, 0.2) is 0 Å². The van der Waals surface area contributed by atoms with Gasteiger partial charge in [-0.3, -0.25) is 4.79 Å². The van der Waals surface area contributed by atoms with Gasteiger partial charge in [0.25, 0.3) is 0 Å². The molecule has 2 heterocycles. The topological polar surface area (TPSA) is 38.8 Å². The van der Waals surface area contributed by atoms with Crippen LogP contribution < -0.4 is 0 Å². The van der Waals surface area contributed by atoms with Gasteiger partial charge in [-0.05, 0) is 37.8 Å². The molecular formula is C19H27NO3. The van der Waals surface area contributed by atoms with Gasteiger partial charge in [0.1, 0.15) is 0 Å². The second kappa shape index (κ2) is 7.45. The van der Waals surface area contributed by atoms with E-state index in [0.29, 0.717) is 31.2 Å². The van der Waals surface area contributed by atoms with E-state index in [1.54, 1.807) is 0 Å². The summed E-state index contributed by atoms with van der Waals surface area (Å²) in [6, 6.07) is 8.19. The van der Waals surface area contributed by atoms with Crippen molar-refractivity contribution in [3.05, 3.63) is 35.4 Å². The van der Waals surface area contributed by atoms with Gasteiger partial charge in [-0.15, -0.1) is 0 Å². The van der Waals surface area contributed by atoms with Crippen LogP contribution in [0.25, 0.3) is 0 Å². The number of hydrogen-bond acceptors (Lipinski definition) is 3. The van der Waals surface area contributed by atoms with E-state index >= 15 is 0 Å². The van der Waals surface area contributed by atoms with Crippen LogP contribution in [0.3, 0.4) is 0 Å². The minimum absolute atomic E-state index is 0.237. The first-order valence-corrected chi connectivity index (χ1v) is 8.74. The van der Waals surface area contributed by atoms with E-state index in [9.17, 15) is 4.79 Å². The van der Waals surface area contributed by atoms with Crippen LogP contribution >= 0.6 is 0 Å². The molecule has 0 aromatic heterocycles. The molecule has 4 heteroatoms. The zero-order valence-corrected chi connectivity index (χ0v) is 14.2. The summed E-state index contributed by atoms with van der Waals surface area (Å²) in [5.74, 6) is 0.761. The van der Waals surface area contributed by atoms with Gasteiger partial charge in [0, 0.05) is 25.6 Å². The fourth-order valence-electron chi connectivity index (χ4n) is 3.68. The summed E-state index contributed by atoms with van der Waals surface area (Å²) in [5.41, 5.74) is 2.23. The second-order valence-corrected chi connectivity index (χ2v) is 6.74. The van der Waals surface area contributed by atoms with Crippen LogP contribution in [0.15, 0.2) is 24.3 Å². The Hall–Kier alpha value is -1.39. The van der Waals surface area contributed by atoms with Crippen molar-refractivity contribution in [1.29, 1.82) is 0 Å². The molecule has 126 valence electrons. The highest BCUT2D eigenvalue weighted by Crippen LogP contribution is 2.32. The molecular weight excluding hydrogens is 290 g/mol. The molecule has 2 aliphatic rings. The Labute approximate surface area is 138 Å². The lowest BCUT2D eigenvalue weighted by Gasteiger charge is -2.34. The van der Waals surface area contributed by atoms with E-state index in [-0.39, 0.29) is 5.91 Å². The third-order valence-corrected chi connectivity index (χ3v) is 4.91. The van der Waals surface area contributed by atoms with Crippen LogP contribution in [0, 0.1) is 5.92 Å². The minimum atomic E-state index is 0.237. The van der Waals surface area contributed by atoms with Crippen molar-refractivity contribution in [2.75, 3.05) is 19.7 Å².